The summed E-state index contributed by atoms with van der Waals surface area (Å²) in [4.78, 5) is 25.3. The van der Waals surface area contributed by atoms with Crippen LogP contribution in [0.4, 0.5) is 0 Å². The minimum Gasteiger partial charge on any atom is -0.486 e. The molecule has 35 heavy (non-hydrogen) atoms. The summed E-state index contributed by atoms with van der Waals surface area (Å²) in [5, 5.41) is 18.6. The number of hydrogen-bond acceptors (Lipinski definition) is 7. The standard InChI is InChI=1S/C23H19Cl2N5O4S/c1-30-10-16(22(31)28-33)21(34-11-14-4-7-17(24)18(25)8-14)20(30)23(32)26-9-13-2-5-15(6-3-13)19-12-35-29-27-19/h2-8,10,12,33H,9,11H2,1H3,(H,26,32)(H,28,31). The van der Waals surface area contributed by atoms with Crippen LogP contribution in [0.3, 0.4) is 0 Å². The molecule has 9 nitrogen and oxygen atoms in total. The van der Waals surface area contributed by atoms with Gasteiger partial charge in [-0.1, -0.05) is 58.0 Å². The number of ether oxygens (including phenoxy) is 1. The molecule has 12 heteroatoms. The molecule has 4 aromatic rings. The highest BCUT2D eigenvalue weighted by atomic mass is 35.5. The molecule has 0 aliphatic heterocycles. The van der Waals surface area contributed by atoms with Gasteiger partial charge in [0.05, 0.1) is 10.0 Å². The first kappa shape index (κ1) is 24.7. The summed E-state index contributed by atoms with van der Waals surface area (Å²) in [7, 11) is 1.60. The molecule has 0 aliphatic carbocycles. The van der Waals surface area contributed by atoms with Crippen molar-refractivity contribution in [3.05, 3.63) is 86.5 Å². The maximum atomic E-state index is 13.1. The highest BCUT2D eigenvalue weighted by Gasteiger charge is 2.26. The van der Waals surface area contributed by atoms with Gasteiger partial charge in [-0.3, -0.25) is 14.8 Å². The maximum Gasteiger partial charge on any atom is 0.279 e. The number of hydrogen-bond donors (Lipinski definition) is 3. The zero-order valence-electron chi connectivity index (χ0n) is 18.3. The molecule has 0 spiro atoms. The van der Waals surface area contributed by atoms with Gasteiger partial charge in [-0.2, -0.15) is 0 Å². The normalized spacial score (nSPS) is 10.7. The first-order valence-electron chi connectivity index (χ1n) is 10.2. The topological polar surface area (TPSA) is 118 Å². The average molecular weight is 532 g/mol. The van der Waals surface area contributed by atoms with E-state index in [1.54, 1.807) is 30.7 Å². The van der Waals surface area contributed by atoms with Crippen LogP contribution in [0, 0.1) is 0 Å². The highest BCUT2D eigenvalue weighted by Crippen LogP contribution is 2.29. The molecule has 180 valence electrons. The number of nitrogens with one attached hydrogen (secondary N) is 2. The monoisotopic (exact) mass is 531 g/mol. The summed E-state index contributed by atoms with van der Waals surface area (Å²) in [6.07, 6.45) is 1.40. The van der Waals surface area contributed by atoms with Crippen LogP contribution < -0.4 is 15.5 Å². The minimum atomic E-state index is -0.809. The molecule has 2 aromatic carbocycles. The third kappa shape index (κ3) is 5.63. The second kappa shape index (κ2) is 10.9. The van der Waals surface area contributed by atoms with Crippen LogP contribution in [0.25, 0.3) is 11.3 Å². The van der Waals surface area contributed by atoms with E-state index in [1.807, 2.05) is 29.6 Å². The van der Waals surface area contributed by atoms with Crippen molar-refractivity contribution in [2.45, 2.75) is 13.2 Å². The number of carbonyl (C=O) groups is 2. The van der Waals surface area contributed by atoms with Crippen LogP contribution in [0.2, 0.25) is 10.0 Å². The van der Waals surface area contributed by atoms with Crippen LogP contribution >= 0.6 is 34.7 Å². The van der Waals surface area contributed by atoms with Crippen molar-refractivity contribution in [2.24, 2.45) is 7.05 Å². The molecular weight excluding hydrogens is 513 g/mol. The third-order valence-electron chi connectivity index (χ3n) is 5.13. The number of aromatic nitrogens is 3. The Bertz CT molecular complexity index is 1360. The molecule has 0 radical (unpaired) electrons. The summed E-state index contributed by atoms with van der Waals surface area (Å²) in [6.45, 7) is 0.257. The molecule has 2 amide bonds. The third-order valence-corrected chi connectivity index (χ3v) is 6.37. The maximum absolute atomic E-state index is 13.1. The smallest absolute Gasteiger partial charge is 0.279 e. The molecule has 0 unspecified atom stereocenters. The Kier molecular flexibility index (Phi) is 7.67. The summed E-state index contributed by atoms with van der Waals surface area (Å²) in [6, 6.07) is 12.5. The van der Waals surface area contributed by atoms with Gasteiger partial charge in [-0.05, 0) is 34.8 Å². The van der Waals surface area contributed by atoms with E-state index >= 15 is 0 Å². The molecule has 0 atom stereocenters. The molecule has 0 bridgehead atoms. The number of carbonyl (C=O) groups excluding carboxylic acids is 2. The number of rotatable bonds is 8. The minimum absolute atomic E-state index is 0.00133. The fourth-order valence-corrected chi connectivity index (χ4v) is 4.16. The van der Waals surface area contributed by atoms with Crippen LogP contribution in [0.5, 0.6) is 5.75 Å². The Hall–Kier alpha value is -3.44. The zero-order chi connectivity index (χ0) is 24.9. The van der Waals surface area contributed by atoms with E-state index in [0.717, 1.165) is 16.8 Å². The Balaban J connectivity index is 1.52. The van der Waals surface area contributed by atoms with Gasteiger partial charge in [0.25, 0.3) is 11.8 Å². The predicted molar refractivity (Wildman–Crippen MR) is 132 cm³/mol. The van der Waals surface area contributed by atoms with Crippen molar-refractivity contribution in [3.8, 4) is 17.0 Å². The number of aryl methyl sites for hydroxylation is 1. The lowest BCUT2D eigenvalue weighted by molar-refractivity contribution is 0.0702. The van der Waals surface area contributed by atoms with Crippen molar-refractivity contribution < 1.29 is 19.5 Å². The second-order valence-corrected chi connectivity index (χ2v) is 8.90. The van der Waals surface area contributed by atoms with Crippen LogP contribution in [0.15, 0.2) is 54.0 Å². The van der Waals surface area contributed by atoms with Gasteiger partial charge >= 0.3 is 0 Å². The second-order valence-electron chi connectivity index (χ2n) is 7.48. The Morgan fingerprint density at radius 2 is 1.83 bits per heavy atom. The molecule has 3 N–H and O–H groups in total. The highest BCUT2D eigenvalue weighted by molar-refractivity contribution is 7.03. The van der Waals surface area contributed by atoms with Crippen LogP contribution in [-0.4, -0.2) is 31.2 Å². The Morgan fingerprint density at radius 3 is 2.49 bits per heavy atom. The van der Waals surface area contributed by atoms with Crippen LogP contribution in [0.1, 0.15) is 32.0 Å². The van der Waals surface area contributed by atoms with E-state index in [-0.39, 0.29) is 30.2 Å². The van der Waals surface area contributed by atoms with Gasteiger partial charge in [0.1, 0.15) is 23.6 Å². The van der Waals surface area contributed by atoms with E-state index in [2.05, 4.69) is 14.9 Å². The van der Waals surface area contributed by atoms with Gasteiger partial charge < -0.3 is 14.6 Å². The van der Waals surface area contributed by atoms with E-state index in [4.69, 9.17) is 33.1 Å². The van der Waals surface area contributed by atoms with Gasteiger partial charge in [0.15, 0.2) is 5.75 Å². The summed E-state index contributed by atoms with van der Waals surface area (Å²) in [5.74, 6) is -1.24. The molecule has 0 fully saturated rings. The molecule has 0 saturated carbocycles. The first-order valence-corrected chi connectivity index (χ1v) is 11.8. The number of halogens is 2. The van der Waals surface area contributed by atoms with Crippen molar-refractivity contribution in [2.75, 3.05) is 0 Å². The number of benzene rings is 2. The SMILES string of the molecule is Cn1cc(C(=O)NO)c(OCc2ccc(Cl)c(Cl)c2)c1C(=O)NCc1ccc(-c2csnn2)cc1. The lowest BCUT2D eigenvalue weighted by Crippen LogP contribution is -2.25. The molecule has 2 heterocycles. The number of amides is 2. The largest absolute Gasteiger partial charge is 0.486 e. The van der Waals surface area contributed by atoms with Crippen molar-refractivity contribution >= 4 is 46.5 Å². The van der Waals surface area contributed by atoms with Crippen molar-refractivity contribution in [3.63, 3.8) is 0 Å². The van der Waals surface area contributed by atoms with Crippen molar-refractivity contribution in [1.82, 2.24) is 25.0 Å². The first-order chi connectivity index (χ1) is 16.9. The fourth-order valence-electron chi connectivity index (χ4n) is 3.37. The average Bonchev–Trinajstić information content (AvgIpc) is 3.51. The van der Waals surface area contributed by atoms with Gasteiger partial charge in [-0.15, -0.1) is 5.10 Å². The van der Waals surface area contributed by atoms with E-state index in [1.165, 1.54) is 22.3 Å². The molecule has 0 aliphatic rings. The fraction of sp³-hybridized carbons (Fsp3) is 0.130. The number of nitrogens with zero attached hydrogens (tertiary/aromatic N) is 3. The van der Waals surface area contributed by atoms with E-state index < -0.39 is 11.8 Å². The summed E-state index contributed by atoms with van der Waals surface area (Å²) in [5.41, 5.74) is 4.96. The molecule has 2 aromatic heterocycles. The summed E-state index contributed by atoms with van der Waals surface area (Å²) >= 11 is 13.3. The quantitative estimate of drug-likeness (QED) is 0.228. The Morgan fingerprint density at radius 1 is 1.09 bits per heavy atom. The zero-order valence-corrected chi connectivity index (χ0v) is 20.6. The van der Waals surface area contributed by atoms with Crippen molar-refractivity contribution in [1.29, 1.82) is 0 Å². The van der Waals surface area contributed by atoms with Gasteiger partial charge in [0, 0.05) is 30.7 Å². The van der Waals surface area contributed by atoms with Gasteiger partial charge in [0.2, 0.25) is 0 Å². The molecule has 0 saturated heterocycles. The lowest BCUT2D eigenvalue weighted by atomic mass is 10.1. The number of hydroxylamine groups is 1. The summed E-state index contributed by atoms with van der Waals surface area (Å²) < 4.78 is 11.2. The molecule has 4 rings (SSSR count). The van der Waals surface area contributed by atoms with E-state index in [0.29, 0.717) is 15.6 Å². The predicted octanol–water partition coefficient (Wildman–Crippen LogP) is 4.48. The van der Waals surface area contributed by atoms with Crippen LogP contribution in [-0.2, 0) is 20.2 Å². The van der Waals surface area contributed by atoms with Gasteiger partial charge in [-0.25, -0.2) is 5.48 Å². The lowest BCUT2D eigenvalue weighted by Gasteiger charge is -2.12. The molecular formula is C23H19Cl2N5O4S. The Labute approximate surface area is 214 Å². The van der Waals surface area contributed by atoms with E-state index in [9.17, 15) is 9.59 Å².